The Bertz CT molecular complexity index is 242. The monoisotopic (exact) mass is 255 g/mol. The molecule has 0 radical (unpaired) electrons. The fourth-order valence-corrected chi connectivity index (χ4v) is 2.21. The van der Waals surface area contributed by atoms with Gasteiger partial charge in [-0.3, -0.25) is 4.98 Å². The number of aromatic nitrogens is 1. The second kappa shape index (κ2) is 6.18. The van der Waals surface area contributed by atoms with E-state index in [1.165, 1.54) is 44.2 Å². The molecule has 2 heteroatoms. The largest absolute Gasteiger partial charge is 0.261 e. The normalized spacial score (nSPS) is 17.4. The molecule has 1 aromatic rings. The molecule has 0 saturated heterocycles. The fraction of sp³-hybridized carbons (Fsp3) is 0.583. The zero-order valence-corrected chi connectivity index (χ0v) is 10.2. The lowest BCUT2D eigenvalue weighted by atomic mass is 9.86. The highest BCUT2D eigenvalue weighted by Gasteiger charge is 2.13. The lowest BCUT2D eigenvalue weighted by Gasteiger charge is -2.20. The highest BCUT2D eigenvalue weighted by atomic mass is 79.9. The molecule has 0 N–H and O–H groups in total. The van der Waals surface area contributed by atoms with E-state index in [-0.39, 0.29) is 17.0 Å². The number of rotatable bonds is 2. The fourth-order valence-electron chi connectivity index (χ4n) is 2.21. The minimum Gasteiger partial charge on any atom is -0.261 e. The van der Waals surface area contributed by atoms with Crippen LogP contribution in [-0.4, -0.2) is 4.98 Å². The third-order valence-corrected chi connectivity index (χ3v) is 2.95. The van der Waals surface area contributed by atoms with Crippen LogP contribution in [0, 0.1) is 5.92 Å². The first-order valence-corrected chi connectivity index (χ1v) is 5.35. The van der Waals surface area contributed by atoms with Crippen molar-refractivity contribution in [3.63, 3.8) is 0 Å². The van der Waals surface area contributed by atoms with Gasteiger partial charge >= 0.3 is 0 Å². The molecule has 1 nitrogen and oxygen atoms in total. The number of nitrogens with zero attached hydrogens (tertiary/aromatic N) is 1. The average molecular weight is 256 g/mol. The zero-order valence-electron chi connectivity index (χ0n) is 8.48. The molecule has 0 amide bonds. The number of halogens is 1. The summed E-state index contributed by atoms with van der Waals surface area (Å²) in [6.07, 6.45) is 10.2. The average Bonchev–Trinajstić information content (AvgIpc) is 2.21. The molecule has 14 heavy (non-hydrogen) atoms. The molecule has 1 aliphatic carbocycles. The lowest BCUT2D eigenvalue weighted by molar-refractivity contribution is 0.354. The highest BCUT2D eigenvalue weighted by molar-refractivity contribution is 8.93. The molecule has 1 heterocycles. The lowest BCUT2D eigenvalue weighted by Crippen LogP contribution is -2.09. The summed E-state index contributed by atoms with van der Waals surface area (Å²) in [5.74, 6) is 0.906. The molecule has 2 rings (SSSR count). The van der Waals surface area contributed by atoms with E-state index in [1.807, 2.05) is 12.3 Å². The molecule has 0 unspecified atom stereocenters. The molecule has 0 aliphatic heterocycles. The second-order valence-corrected chi connectivity index (χ2v) is 4.03. The van der Waals surface area contributed by atoms with Gasteiger partial charge in [0.05, 0.1) is 0 Å². The van der Waals surface area contributed by atoms with Gasteiger partial charge in [-0.05, 0) is 24.5 Å². The van der Waals surface area contributed by atoms with Gasteiger partial charge in [0.25, 0.3) is 0 Å². The molecular formula is C12H18BrN. The van der Waals surface area contributed by atoms with E-state index in [0.717, 1.165) is 5.92 Å². The van der Waals surface area contributed by atoms with Crippen LogP contribution >= 0.6 is 17.0 Å². The van der Waals surface area contributed by atoms with Crippen LogP contribution in [0.1, 0.15) is 37.8 Å². The minimum atomic E-state index is 0. The van der Waals surface area contributed by atoms with Gasteiger partial charge in [-0.1, -0.05) is 38.2 Å². The Labute approximate surface area is 96.7 Å². The van der Waals surface area contributed by atoms with Crippen molar-refractivity contribution in [3.05, 3.63) is 30.1 Å². The van der Waals surface area contributed by atoms with Crippen LogP contribution in [0.4, 0.5) is 0 Å². The predicted octanol–water partition coefficient (Wildman–Crippen LogP) is 3.78. The third-order valence-electron chi connectivity index (χ3n) is 2.95. The Balaban J connectivity index is 0.000000980. The number of hydrogen-bond acceptors (Lipinski definition) is 1. The van der Waals surface area contributed by atoms with Crippen molar-refractivity contribution in [2.75, 3.05) is 0 Å². The summed E-state index contributed by atoms with van der Waals surface area (Å²) in [6.45, 7) is 0. The standard InChI is InChI=1S/C12H17N.BrH/c1-2-6-11(7-3-1)10-12-8-4-5-9-13-12;/h4-5,8-9,11H,1-3,6-7,10H2;1H. The zero-order chi connectivity index (χ0) is 8.93. The smallest absolute Gasteiger partial charge is 0.0406 e. The van der Waals surface area contributed by atoms with Gasteiger partial charge in [0.15, 0.2) is 0 Å². The molecule has 0 spiro atoms. The second-order valence-electron chi connectivity index (χ2n) is 4.03. The van der Waals surface area contributed by atoms with Crippen LogP contribution in [0.5, 0.6) is 0 Å². The predicted molar refractivity (Wildman–Crippen MR) is 64.8 cm³/mol. The van der Waals surface area contributed by atoms with Crippen molar-refractivity contribution in [1.82, 2.24) is 4.98 Å². The van der Waals surface area contributed by atoms with E-state index in [0.29, 0.717) is 0 Å². The quantitative estimate of drug-likeness (QED) is 0.784. The van der Waals surface area contributed by atoms with Gasteiger partial charge in [-0.25, -0.2) is 0 Å². The number of hydrogen-bond donors (Lipinski definition) is 0. The first-order chi connectivity index (χ1) is 6.45. The van der Waals surface area contributed by atoms with Crippen molar-refractivity contribution in [3.8, 4) is 0 Å². The third kappa shape index (κ3) is 3.41. The molecule has 0 bridgehead atoms. The summed E-state index contributed by atoms with van der Waals surface area (Å²) in [7, 11) is 0. The van der Waals surface area contributed by atoms with E-state index in [2.05, 4.69) is 17.1 Å². The SMILES string of the molecule is Br.c1ccc(CC2CCCCC2)nc1. The molecule has 1 fully saturated rings. The van der Waals surface area contributed by atoms with Gasteiger partial charge < -0.3 is 0 Å². The van der Waals surface area contributed by atoms with Crippen LogP contribution in [0.2, 0.25) is 0 Å². The van der Waals surface area contributed by atoms with E-state index in [9.17, 15) is 0 Å². The summed E-state index contributed by atoms with van der Waals surface area (Å²) >= 11 is 0. The minimum absolute atomic E-state index is 0. The van der Waals surface area contributed by atoms with Crippen LogP contribution in [0.3, 0.4) is 0 Å². The van der Waals surface area contributed by atoms with E-state index in [4.69, 9.17) is 0 Å². The van der Waals surface area contributed by atoms with E-state index >= 15 is 0 Å². The number of pyridine rings is 1. The maximum absolute atomic E-state index is 4.37. The van der Waals surface area contributed by atoms with Crippen LogP contribution < -0.4 is 0 Å². The maximum atomic E-state index is 4.37. The summed E-state index contributed by atoms with van der Waals surface area (Å²) in [4.78, 5) is 4.37. The van der Waals surface area contributed by atoms with Crippen molar-refractivity contribution < 1.29 is 0 Å². The van der Waals surface area contributed by atoms with E-state index < -0.39 is 0 Å². The Morgan fingerprint density at radius 2 is 1.93 bits per heavy atom. The van der Waals surface area contributed by atoms with E-state index in [1.54, 1.807) is 0 Å². The van der Waals surface area contributed by atoms with Crippen LogP contribution in [0.25, 0.3) is 0 Å². The maximum Gasteiger partial charge on any atom is 0.0406 e. The summed E-state index contributed by atoms with van der Waals surface area (Å²) in [5.41, 5.74) is 1.27. The van der Waals surface area contributed by atoms with Gasteiger partial charge in [0.1, 0.15) is 0 Å². The van der Waals surface area contributed by atoms with Crippen LogP contribution in [-0.2, 0) is 6.42 Å². The molecule has 78 valence electrons. The molecule has 0 aromatic carbocycles. The Hall–Kier alpha value is -0.370. The van der Waals surface area contributed by atoms with Crippen LogP contribution in [0.15, 0.2) is 24.4 Å². The van der Waals surface area contributed by atoms with Crippen molar-refractivity contribution in [2.24, 2.45) is 5.92 Å². The first-order valence-electron chi connectivity index (χ1n) is 5.35. The van der Waals surface area contributed by atoms with Crippen molar-refractivity contribution >= 4 is 17.0 Å². The van der Waals surface area contributed by atoms with Crippen molar-refractivity contribution in [2.45, 2.75) is 38.5 Å². The summed E-state index contributed by atoms with van der Waals surface area (Å²) in [5, 5.41) is 0. The molecule has 1 aliphatic rings. The highest BCUT2D eigenvalue weighted by Crippen LogP contribution is 2.25. The Morgan fingerprint density at radius 3 is 2.57 bits per heavy atom. The first kappa shape index (κ1) is 11.7. The van der Waals surface area contributed by atoms with Crippen molar-refractivity contribution in [1.29, 1.82) is 0 Å². The molecule has 1 saturated carbocycles. The topological polar surface area (TPSA) is 12.9 Å². The van der Waals surface area contributed by atoms with Gasteiger partial charge in [0, 0.05) is 11.9 Å². The molecule has 0 atom stereocenters. The van der Waals surface area contributed by atoms with Gasteiger partial charge in [-0.2, -0.15) is 0 Å². The Morgan fingerprint density at radius 1 is 1.14 bits per heavy atom. The molecule has 1 aromatic heterocycles. The van der Waals surface area contributed by atoms with Gasteiger partial charge in [-0.15, -0.1) is 17.0 Å². The van der Waals surface area contributed by atoms with Gasteiger partial charge in [0.2, 0.25) is 0 Å². The summed E-state index contributed by atoms with van der Waals surface area (Å²) in [6, 6.07) is 6.23. The Kier molecular flexibility index (Phi) is 5.16. The molecular weight excluding hydrogens is 238 g/mol. The summed E-state index contributed by atoms with van der Waals surface area (Å²) < 4.78 is 0.